The Hall–Kier alpha value is -3.60. The minimum absolute atomic E-state index is 0.250. The Balaban J connectivity index is 1.59. The highest BCUT2D eigenvalue weighted by atomic mass is 79.9. The molecule has 0 amide bonds. The lowest BCUT2D eigenvalue weighted by molar-refractivity contribution is -0.143. The summed E-state index contributed by atoms with van der Waals surface area (Å²) in [5.41, 5.74) is 3.21. The van der Waals surface area contributed by atoms with E-state index in [1.54, 1.807) is 50.3 Å². The lowest BCUT2D eigenvalue weighted by atomic mass is 9.96. The van der Waals surface area contributed by atoms with Crippen LogP contribution in [0.4, 0.5) is 0 Å². The van der Waals surface area contributed by atoms with Gasteiger partial charge in [-0.1, -0.05) is 69.7 Å². The highest BCUT2D eigenvalue weighted by molar-refractivity contribution is 9.10. The highest BCUT2D eigenvalue weighted by Gasteiger charge is 2.33. The summed E-state index contributed by atoms with van der Waals surface area (Å²) in [5.74, 6) is 0.636. The maximum atomic E-state index is 14.0. The molecular formula is C33H31BrN2O5S2. The van der Waals surface area contributed by atoms with E-state index in [2.05, 4.69) is 15.9 Å². The third-order valence-electron chi connectivity index (χ3n) is 6.82. The van der Waals surface area contributed by atoms with Crippen LogP contribution < -0.4 is 24.4 Å². The number of allylic oxidation sites excluding steroid dienone is 1. The van der Waals surface area contributed by atoms with E-state index in [1.165, 1.54) is 11.3 Å². The van der Waals surface area contributed by atoms with Crippen LogP contribution >= 0.6 is 39.0 Å². The molecule has 0 spiro atoms. The first-order valence-corrected chi connectivity index (χ1v) is 16.4. The summed E-state index contributed by atoms with van der Waals surface area (Å²) < 4.78 is 20.1. The van der Waals surface area contributed by atoms with Crippen molar-refractivity contribution in [1.82, 2.24) is 4.57 Å². The molecule has 1 aliphatic heterocycles. The Bertz CT molecular complexity index is 1860. The first-order chi connectivity index (χ1) is 20.7. The molecule has 2 heterocycles. The van der Waals surface area contributed by atoms with Crippen LogP contribution in [0.25, 0.3) is 6.08 Å². The van der Waals surface area contributed by atoms with Crippen molar-refractivity contribution in [3.63, 3.8) is 0 Å². The van der Waals surface area contributed by atoms with Crippen molar-refractivity contribution in [2.75, 3.05) is 13.4 Å². The van der Waals surface area contributed by atoms with Gasteiger partial charge in [0, 0.05) is 9.37 Å². The molecule has 0 N–H and O–H groups in total. The van der Waals surface area contributed by atoms with Crippen LogP contribution in [0, 0.1) is 0 Å². The van der Waals surface area contributed by atoms with Crippen LogP contribution in [-0.2, 0) is 16.1 Å². The molecule has 7 nitrogen and oxygen atoms in total. The second-order valence-corrected chi connectivity index (χ2v) is 12.9. The Morgan fingerprint density at radius 3 is 2.49 bits per heavy atom. The number of carbonyl (C=O) groups excluding carboxylic acids is 1. The first-order valence-electron chi connectivity index (χ1n) is 13.6. The minimum atomic E-state index is -0.674. The number of ether oxygens (including phenoxy) is 3. The highest BCUT2D eigenvalue weighted by Crippen LogP contribution is 2.35. The molecule has 3 aromatic carbocycles. The number of hydrogen-bond donors (Lipinski definition) is 0. The Morgan fingerprint density at radius 2 is 1.84 bits per heavy atom. The van der Waals surface area contributed by atoms with E-state index < -0.39 is 12.0 Å². The molecule has 1 atom stereocenters. The standard InChI is InChI=1S/C33H31BrN2O5S2/c1-19(2)41-32(38)29-20(3)35-33-36(30(29)22-11-13-24(42-5)14-12-22)31(37)28(43-33)16-23-15-26(39-4)27(17-25(23)34)40-18-21-9-7-6-8-10-21/h6-17,19,30H,18H2,1-5H3/b28-16-/t30-/m1/s1. The van der Waals surface area contributed by atoms with Crippen molar-refractivity contribution in [3.05, 3.63) is 119 Å². The molecule has 4 aromatic rings. The van der Waals surface area contributed by atoms with Crippen molar-refractivity contribution < 1.29 is 19.0 Å². The van der Waals surface area contributed by atoms with Gasteiger partial charge in [-0.25, -0.2) is 9.79 Å². The fraction of sp³-hybridized carbons (Fsp3) is 0.242. The van der Waals surface area contributed by atoms with Crippen LogP contribution in [0.2, 0.25) is 0 Å². The lowest BCUT2D eigenvalue weighted by Gasteiger charge is -2.25. The van der Waals surface area contributed by atoms with Crippen molar-refractivity contribution in [3.8, 4) is 11.5 Å². The molecule has 0 saturated heterocycles. The second-order valence-electron chi connectivity index (χ2n) is 10.1. The van der Waals surface area contributed by atoms with Crippen LogP contribution in [0.15, 0.2) is 97.2 Å². The fourth-order valence-electron chi connectivity index (χ4n) is 4.77. The Kier molecular flexibility index (Phi) is 9.59. The Labute approximate surface area is 266 Å². The van der Waals surface area contributed by atoms with Crippen LogP contribution in [0.1, 0.15) is 43.5 Å². The Morgan fingerprint density at radius 1 is 1.12 bits per heavy atom. The number of carbonyl (C=O) groups is 1. The predicted octanol–water partition coefficient (Wildman–Crippen LogP) is 6.26. The van der Waals surface area contributed by atoms with Gasteiger partial charge in [0.25, 0.3) is 5.56 Å². The number of nitrogens with zero attached hydrogens (tertiary/aromatic N) is 2. The van der Waals surface area contributed by atoms with Gasteiger partial charge >= 0.3 is 5.97 Å². The quantitative estimate of drug-likeness (QED) is 0.154. The third kappa shape index (κ3) is 6.66. The largest absolute Gasteiger partial charge is 0.493 e. The number of rotatable bonds is 9. The van der Waals surface area contributed by atoms with E-state index >= 15 is 0 Å². The van der Waals surface area contributed by atoms with E-state index in [1.807, 2.05) is 73.0 Å². The number of hydrogen-bond acceptors (Lipinski definition) is 8. The molecule has 0 unspecified atom stereocenters. The molecule has 0 fully saturated rings. The number of thiazole rings is 1. The van der Waals surface area contributed by atoms with Gasteiger partial charge < -0.3 is 14.2 Å². The average Bonchev–Trinajstić information content (AvgIpc) is 3.30. The molecule has 0 radical (unpaired) electrons. The number of halogens is 1. The van der Waals surface area contributed by atoms with Gasteiger partial charge in [0.2, 0.25) is 0 Å². The molecule has 222 valence electrons. The number of methoxy groups -OCH3 is 1. The summed E-state index contributed by atoms with van der Waals surface area (Å²) in [6, 6.07) is 20.8. The molecule has 1 aromatic heterocycles. The van der Waals surface area contributed by atoms with Crippen molar-refractivity contribution in [1.29, 1.82) is 0 Å². The SMILES string of the molecule is COc1cc(/C=c2\sc3n(c2=O)[C@H](c2ccc(SC)cc2)C(C(=O)OC(C)C)=C(C)N=3)c(Br)cc1OCc1ccccc1. The first kappa shape index (κ1) is 30.8. The normalized spacial score (nSPS) is 14.9. The fourth-order valence-corrected chi connectivity index (χ4v) is 6.65. The van der Waals surface area contributed by atoms with Gasteiger partial charge in [0.15, 0.2) is 16.3 Å². The van der Waals surface area contributed by atoms with E-state index in [-0.39, 0.29) is 11.7 Å². The number of esters is 1. The molecule has 10 heteroatoms. The summed E-state index contributed by atoms with van der Waals surface area (Å²) in [7, 11) is 1.58. The van der Waals surface area contributed by atoms with Crippen LogP contribution in [0.3, 0.4) is 0 Å². The van der Waals surface area contributed by atoms with E-state index in [0.29, 0.717) is 38.7 Å². The number of fused-ring (bicyclic) bond motifs is 1. The average molecular weight is 680 g/mol. The van der Waals surface area contributed by atoms with E-state index in [9.17, 15) is 9.59 Å². The third-order valence-corrected chi connectivity index (χ3v) is 9.24. The van der Waals surface area contributed by atoms with Gasteiger partial charge in [-0.3, -0.25) is 9.36 Å². The molecule has 5 rings (SSSR count). The molecule has 43 heavy (non-hydrogen) atoms. The predicted molar refractivity (Wildman–Crippen MR) is 175 cm³/mol. The van der Waals surface area contributed by atoms with Crippen molar-refractivity contribution in [2.24, 2.45) is 4.99 Å². The molecule has 0 saturated carbocycles. The summed E-state index contributed by atoms with van der Waals surface area (Å²) in [6.45, 7) is 5.78. The monoisotopic (exact) mass is 678 g/mol. The van der Waals surface area contributed by atoms with Crippen molar-refractivity contribution in [2.45, 2.75) is 44.4 Å². The van der Waals surface area contributed by atoms with Gasteiger partial charge in [-0.2, -0.15) is 0 Å². The topological polar surface area (TPSA) is 79.1 Å². The summed E-state index contributed by atoms with van der Waals surface area (Å²) in [4.78, 5) is 33.7. The zero-order valence-corrected chi connectivity index (χ0v) is 27.6. The smallest absolute Gasteiger partial charge is 0.338 e. The summed E-state index contributed by atoms with van der Waals surface area (Å²) in [6.07, 6.45) is 3.49. The van der Waals surface area contributed by atoms with E-state index in [4.69, 9.17) is 19.2 Å². The zero-order chi connectivity index (χ0) is 30.7. The number of thioether (sulfide) groups is 1. The molecule has 0 bridgehead atoms. The van der Waals surface area contributed by atoms with Gasteiger partial charge in [0.05, 0.1) is 35.1 Å². The summed E-state index contributed by atoms with van der Waals surface area (Å²) in [5, 5.41) is 0. The number of benzene rings is 3. The maximum Gasteiger partial charge on any atom is 0.338 e. The lowest BCUT2D eigenvalue weighted by Crippen LogP contribution is -2.40. The van der Waals surface area contributed by atoms with Gasteiger partial charge in [-0.05, 0) is 74.1 Å². The number of aromatic nitrogens is 1. The maximum absolute atomic E-state index is 14.0. The van der Waals surface area contributed by atoms with E-state index in [0.717, 1.165) is 26.1 Å². The second kappa shape index (κ2) is 13.4. The van der Waals surface area contributed by atoms with Crippen LogP contribution in [0.5, 0.6) is 11.5 Å². The zero-order valence-electron chi connectivity index (χ0n) is 24.4. The van der Waals surface area contributed by atoms with Gasteiger partial charge in [-0.15, -0.1) is 11.8 Å². The van der Waals surface area contributed by atoms with Crippen LogP contribution in [-0.4, -0.2) is 30.0 Å². The van der Waals surface area contributed by atoms with Gasteiger partial charge in [0.1, 0.15) is 6.61 Å². The molecular weight excluding hydrogens is 648 g/mol. The molecule has 1 aliphatic rings. The summed E-state index contributed by atoms with van der Waals surface area (Å²) >= 11 is 6.55. The minimum Gasteiger partial charge on any atom is -0.493 e. The van der Waals surface area contributed by atoms with Crippen molar-refractivity contribution >= 4 is 51.1 Å². The molecule has 0 aliphatic carbocycles.